The maximum atomic E-state index is 11.0. The molecular formula is C8H9O3P. The second kappa shape index (κ2) is 4.19. The van der Waals surface area contributed by atoms with Gasteiger partial charge in [0.25, 0.3) is 0 Å². The van der Waals surface area contributed by atoms with Crippen molar-refractivity contribution in [3.8, 4) is 0 Å². The van der Waals surface area contributed by atoms with Gasteiger partial charge in [0, 0.05) is 0 Å². The van der Waals surface area contributed by atoms with Crippen LogP contribution < -0.4 is 0 Å². The summed E-state index contributed by atoms with van der Waals surface area (Å²) in [7, 11) is 1.89. The van der Waals surface area contributed by atoms with Crippen LogP contribution in [0.3, 0.4) is 0 Å². The van der Waals surface area contributed by atoms with E-state index in [1.807, 2.05) is 9.47 Å². The van der Waals surface area contributed by atoms with E-state index in [2.05, 4.69) is 4.52 Å². The summed E-state index contributed by atoms with van der Waals surface area (Å²) >= 11 is 0. The molecule has 1 N–H and O–H groups in total. The molecule has 0 spiro atoms. The molecule has 0 aromatic heterocycles. The Morgan fingerprint density at radius 2 is 2.33 bits per heavy atom. The van der Waals surface area contributed by atoms with Gasteiger partial charge in [0.15, 0.2) is 0 Å². The number of aliphatic hydroxyl groups excluding tert-OH is 1. The van der Waals surface area contributed by atoms with Gasteiger partial charge in [0.1, 0.15) is 0 Å². The van der Waals surface area contributed by atoms with Crippen LogP contribution in [0, 0.1) is 0 Å². The van der Waals surface area contributed by atoms with Gasteiger partial charge in [-0.25, -0.2) is 4.79 Å². The smallest absolute Gasteiger partial charge is 0.340 e. The summed E-state index contributed by atoms with van der Waals surface area (Å²) in [4.78, 5) is 11.0. The van der Waals surface area contributed by atoms with Crippen molar-refractivity contribution in [3.05, 3.63) is 35.4 Å². The van der Waals surface area contributed by atoms with Crippen molar-refractivity contribution in [2.24, 2.45) is 0 Å². The Bertz CT molecular complexity index is 285. The van der Waals surface area contributed by atoms with Gasteiger partial charge in [0.2, 0.25) is 0 Å². The zero-order chi connectivity index (χ0) is 8.97. The van der Waals surface area contributed by atoms with Crippen molar-refractivity contribution in [2.45, 2.75) is 6.61 Å². The number of benzene rings is 1. The molecule has 0 heterocycles. The highest BCUT2D eigenvalue weighted by Crippen LogP contribution is 2.07. The first kappa shape index (κ1) is 9.17. The lowest BCUT2D eigenvalue weighted by molar-refractivity contribution is 0.0765. The quantitative estimate of drug-likeness (QED) is 0.700. The number of carbonyl (C=O) groups is 1. The fraction of sp³-hybridized carbons (Fsp3) is 0.125. The highest BCUT2D eigenvalue weighted by atomic mass is 31.0. The fourth-order valence-corrected chi connectivity index (χ4v) is 1.00. The molecule has 1 atom stereocenters. The lowest BCUT2D eigenvalue weighted by Gasteiger charge is -2.00. The topological polar surface area (TPSA) is 46.5 Å². The Kier molecular flexibility index (Phi) is 3.20. The zero-order valence-electron chi connectivity index (χ0n) is 6.36. The minimum atomic E-state index is -0.421. The molecule has 0 aliphatic carbocycles. The lowest BCUT2D eigenvalue weighted by atomic mass is 10.1. The Labute approximate surface area is 72.6 Å². The average molecular weight is 184 g/mol. The van der Waals surface area contributed by atoms with Crippen LogP contribution >= 0.6 is 9.47 Å². The molecule has 0 aliphatic heterocycles. The Balaban J connectivity index is 2.93. The molecule has 12 heavy (non-hydrogen) atoms. The molecule has 1 rings (SSSR count). The van der Waals surface area contributed by atoms with Crippen LogP contribution in [0.2, 0.25) is 0 Å². The van der Waals surface area contributed by atoms with E-state index < -0.39 is 5.97 Å². The number of hydrogen-bond acceptors (Lipinski definition) is 3. The van der Waals surface area contributed by atoms with Crippen molar-refractivity contribution in [1.82, 2.24) is 0 Å². The van der Waals surface area contributed by atoms with Gasteiger partial charge in [0.05, 0.1) is 21.6 Å². The molecule has 0 saturated heterocycles. The molecule has 1 aromatic rings. The van der Waals surface area contributed by atoms with Crippen molar-refractivity contribution in [2.75, 3.05) is 0 Å². The fourth-order valence-electron chi connectivity index (χ4n) is 0.865. The summed E-state index contributed by atoms with van der Waals surface area (Å²) in [5.74, 6) is -0.421. The minimum absolute atomic E-state index is 0.0715. The molecular weight excluding hydrogens is 175 g/mol. The van der Waals surface area contributed by atoms with E-state index in [9.17, 15) is 4.79 Å². The normalized spacial score (nSPS) is 9.50. The van der Waals surface area contributed by atoms with E-state index in [0.717, 1.165) is 0 Å². The molecule has 4 heteroatoms. The van der Waals surface area contributed by atoms with Crippen molar-refractivity contribution in [3.63, 3.8) is 0 Å². The first-order valence-electron chi connectivity index (χ1n) is 3.39. The third kappa shape index (κ3) is 2.03. The summed E-state index contributed by atoms with van der Waals surface area (Å²) in [5.41, 5.74) is 1.14. The van der Waals surface area contributed by atoms with E-state index in [-0.39, 0.29) is 6.61 Å². The van der Waals surface area contributed by atoms with Crippen molar-refractivity contribution in [1.29, 1.82) is 0 Å². The zero-order valence-corrected chi connectivity index (χ0v) is 7.51. The van der Waals surface area contributed by atoms with Crippen LogP contribution in [-0.2, 0) is 11.1 Å². The average Bonchev–Trinajstić information content (AvgIpc) is 2.17. The predicted octanol–water partition coefficient (Wildman–Crippen LogP) is 1.13. The van der Waals surface area contributed by atoms with Gasteiger partial charge in [-0.3, -0.25) is 0 Å². The second-order valence-electron chi connectivity index (χ2n) is 2.26. The maximum absolute atomic E-state index is 11.0. The SMILES string of the molecule is O=C(OP)c1cccc(CO)c1. The van der Waals surface area contributed by atoms with Gasteiger partial charge in [-0.1, -0.05) is 12.1 Å². The molecule has 64 valence electrons. The molecule has 1 aromatic carbocycles. The number of carbonyl (C=O) groups excluding carboxylic acids is 1. The molecule has 0 amide bonds. The number of aliphatic hydroxyl groups is 1. The molecule has 1 unspecified atom stereocenters. The van der Waals surface area contributed by atoms with Crippen LogP contribution in [0.1, 0.15) is 15.9 Å². The molecule has 0 aliphatic rings. The third-order valence-corrected chi connectivity index (χ3v) is 1.67. The monoisotopic (exact) mass is 184 g/mol. The standard InChI is InChI=1S/C8H9O3P/c9-5-6-2-1-3-7(4-6)8(10)11-12/h1-4,9H,5,12H2. The number of rotatable bonds is 2. The van der Waals surface area contributed by atoms with Gasteiger partial charge < -0.3 is 9.63 Å². The van der Waals surface area contributed by atoms with E-state index in [1.165, 1.54) is 0 Å². The van der Waals surface area contributed by atoms with E-state index in [4.69, 9.17) is 5.11 Å². The third-order valence-electron chi connectivity index (χ3n) is 1.45. The van der Waals surface area contributed by atoms with Gasteiger partial charge >= 0.3 is 5.97 Å². The summed E-state index contributed by atoms with van der Waals surface area (Å²) in [6.45, 7) is -0.0715. The molecule has 0 saturated carbocycles. The molecule has 0 bridgehead atoms. The maximum Gasteiger partial charge on any atom is 0.340 e. The summed E-state index contributed by atoms with van der Waals surface area (Å²) in [6.07, 6.45) is 0. The largest absolute Gasteiger partial charge is 0.448 e. The summed E-state index contributed by atoms with van der Waals surface area (Å²) in [5, 5.41) is 8.76. The first-order chi connectivity index (χ1) is 5.77. The second-order valence-corrected chi connectivity index (χ2v) is 2.50. The summed E-state index contributed by atoms with van der Waals surface area (Å²) < 4.78 is 4.43. The highest BCUT2D eigenvalue weighted by molar-refractivity contribution is 7.10. The van der Waals surface area contributed by atoms with Gasteiger partial charge in [-0.2, -0.15) is 0 Å². The van der Waals surface area contributed by atoms with Crippen LogP contribution in [0.25, 0.3) is 0 Å². The van der Waals surface area contributed by atoms with Crippen molar-refractivity contribution < 1.29 is 14.4 Å². The Morgan fingerprint density at radius 3 is 2.92 bits per heavy atom. The minimum Gasteiger partial charge on any atom is -0.448 e. The van der Waals surface area contributed by atoms with E-state index in [1.54, 1.807) is 24.3 Å². The van der Waals surface area contributed by atoms with Gasteiger partial charge in [-0.05, 0) is 17.7 Å². The molecule has 3 nitrogen and oxygen atoms in total. The predicted molar refractivity (Wildman–Crippen MR) is 47.5 cm³/mol. The molecule has 0 fully saturated rings. The Morgan fingerprint density at radius 1 is 1.58 bits per heavy atom. The van der Waals surface area contributed by atoms with E-state index in [0.29, 0.717) is 11.1 Å². The van der Waals surface area contributed by atoms with E-state index >= 15 is 0 Å². The number of hydrogen-bond donors (Lipinski definition) is 1. The van der Waals surface area contributed by atoms with Crippen LogP contribution in [0.5, 0.6) is 0 Å². The lowest BCUT2D eigenvalue weighted by Crippen LogP contribution is -1.98. The van der Waals surface area contributed by atoms with Crippen molar-refractivity contribution >= 4 is 15.4 Å². The highest BCUT2D eigenvalue weighted by Gasteiger charge is 2.04. The van der Waals surface area contributed by atoms with Crippen LogP contribution in [0.15, 0.2) is 24.3 Å². The first-order valence-corrected chi connectivity index (χ1v) is 3.86. The van der Waals surface area contributed by atoms with Gasteiger partial charge in [-0.15, -0.1) is 0 Å². The van der Waals surface area contributed by atoms with Crippen LogP contribution in [-0.4, -0.2) is 11.1 Å². The summed E-state index contributed by atoms with van der Waals surface area (Å²) in [6, 6.07) is 6.65. The molecule has 0 radical (unpaired) electrons. The van der Waals surface area contributed by atoms with Crippen LogP contribution in [0.4, 0.5) is 0 Å². The Hall–Kier alpha value is -0.920.